The fourth-order valence-electron chi connectivity index (χ4n) is 4.76. The Kier molecular flexibility index (Phi) is 4.98. The zero-order valence-corrected chi connectivity index (χ0v) is 15.4. The number of rotatable bonds is 4. The molecule has 2 heterocycles. The zero-order chi connectivity index (χ0) is 18.0. The minimum absolute atomic E-state index is 0.0801. The zero-order valence-electron chi connectivity index (χ0n) is 15.4. The molecule has 0 aromatic heterocycles. The Hall–Kier alpha value is -1.88. The SMILES string of the molecule is O=C(C1CCCC1)N1CCC2(CCC(=O)N2OCc2ccccc2)CC1. The van der Waals surface area contributed by atoms with E-state index < -0.39 is 0 Å². The summed E-state index contributed by atoms with van der Waals surface area (Å²) in [6, 6.07) is 9.95. The minimum atomic E-state index is -0.224. The lowest BCUT2D eigenvalue weighted by Gasteiger charge is -2.44. The van der Waals surface area contributed by atoms with Gasteiger partial charge in [0.25, 0.3) is 0 Å². The number of likely N-dealkylation sites (tertiary alicyclic amines) is 1. The number of hydroxylamine groups is 2. The molecule has 0 bridgehead atoms. The van der Waals surface area contributed by atoms with E-state index >= 15 is 0 Å². The van der Waals surface area contributed by atoms with Crippen molar-refractivity contribution in [2.75, 3.05) is 13.1 Å². The summed E-state index contributed by atoms with van der Waals surface area (Å²) in [5.41, 5.74) is 0.842. The lowest BCUT2D eigenvalue weighted by Crippen LogP contribution is -2.54. The second-order valence-electron chi connectivity index (χ2n) is 7.98. The van der Waals surface area contributed by atoms with E-state index in [2.05, 4.69) is 0 Å². The molecule has 1 saturated carbocycles. The maximum atomic E-state index is 12.7. The van der Waals surface area contributed by atoms with Gasteiger partial charge in [-0.25, -0.2) is 5.06 Å². The molecule has 4 rings (SSSR count). The Morgan fingerprint density at radius 1 is 1.08 bits per heavy atom. The van der Waals surface area contributed by atoms with Crippen molar-refractivity contribution in [1.29, 1.82) is 0 Å². The maximum Gasteiger partial charge on any atom is 0.246 e. The van der Waals surface area contributed by atoms with Crippen LogP contribution in [-0.2, 0) is 21.0 Å². The average Bonchev–Trinajstić information content (AvgIpc) is 3.31. The topological polar surface area (TPSA) is 49.9 Å². The van der Waals surface area contributed by atoms with Crippen molar-refractivity contribution in [3.05, 3.63) is 35.9 Å². The van der Waals surface area contributed by atoms with Gasteiger partial charge in [-0.3, -0.25) is 14.4 Å². The fraction of sp³-hybridized carbons (Fsp3) is 0.619. The van der Waals surface area contributed by atoms with E-state index in [1.165, 1.54) is 12.8 Å². The van der Waals surface area contributed by atoms with Crippen molar-refractivity contribution >= 4 is 11.8 Å². The Bertz CT molecular complexity index is 646. The Morgan fingerprint density at radius 3 is 2.46 bits per heavy atom. The highest BCUT2D eigenvalue weighted by molar-refractivity contribution is 5.80. The molecule has 140 valence electrons. The molecule has 2 aliphatic heterocycles. The molecular formula is C21H28N2O3. The first kappa shape index (κ1) is 17.5. The molecule has 1 aromatic carbocycles. The summed E-state index contributed by atoms with van der Waals surface area (Å²) in [4.78, 5) is 33.1. The molecule has 0 N–H and O–H groups in total. The minimum Gasteiger partial charge on any atom is -0.342 e. The van der Waals surface area contributed by atoms with Gasteiger partial charge in [0.1, 0.15) is 6.61 Å². The highest BCUT2D eigenvalue weighted by atomic mass is 16.7. The van der Waals surface area contributed by atoms with Gasteiger partial charge in [-0.2, -0.15) is 0 Å². The number of amides is 2. The van der Waals surface area contributed by atoms with Gasteiger partial charge < -0.3 is 4.90 Å². The number of hydrogen-bond acceptors (Lipinski definition) is 3. The predicted molar refractivity (Wildman–Crippen MR) is 97.8 cm³/mol. The summed E-state index contributed by atoms with van der Waals surface area (Å²) >= 11 is 0. The quantitative estimate of drug-likeness (QED) is 0.832. The van der Waals surface area contributed by atoms with Gasteiger partial charge in [-0.1, -0.05) is 43.2 Å². The Morgan fingerprint density at radius 2 is 1.77 bits per heavy atom. The molecule has 1 aliphatic carbocycles. The van der Waals surface area contributed by atoms with Crippen molar-refractivity contribution < 1.29 is 14.4 Å². The second-order valence-corrected chi connectivity index (χ2v) is 7.98. The predicted octanol–water partition coefficient (Wildman–Crippen LogP) is 3.29. The smallest absolute Gasteiger partial charge is 0.246 e. The van der Waals surface area contributed by atoms with E-state index in [1.54, 1.807) is 5.06 Å². The molecular weight excluding hydrogens is 328 g/mol. The summed E-state index contributed by atoms with van der Waals surface area (Å²) in [6.07, 6.45) is 7.50. The van der Waals surface area contributed by atoms with Gasteiger partial charge in [0.05, 0.1) is 5.54 Å². The molecule has 1 aromatic rings. The normalized spacial score (nSPS) is 23.2. The summed E-state index contributed by atoms with van der Waals surface area (Å²) in [6.45, 7) is 1.90. The van der Waals surface area contributed by atoms with Gasteiger partial charge >= 0.3 is 0 Å². The molecule has 26 heavy (non-hydrogen) atoms. The lowest BCUT2D eigenvalue weighted by molar-refractivity contribution is -0.222. The molecule has 2 saturated heterocycles. The monoisotopic (exact) mass is 356 g/mol. The third-order valence-electron chi connectivity index (χ3n) is 6.37. The van der Waals surface area contributed by atoms with E-state index in [1.807, 2.05) is 35.2 Å². The first-order valence-corrected chi connectivity index (χ1v) is 9.97. The number of carbonyl (C=O) groups excluding carboxylic acids is 2. The number of hydrogen-bond donors (Lipinski definition) is 0. The molecule has 0 radical (unpaired) electrons. The molecule has 3 aliphatic rings. The van der Waals surface area contributed by atoms with E-state index in [0.29, 0.717) is 18.9 Å². The van der Waals surface area contributed by atoms with Gasteiger partial charge in [0.2, 0.25) is 11.8 Å². The van der Waals surface area contributed by atoms with E-state index in [4.69, 9.17) is 4.84 Å². The standard InChI is InChI=1S/C21H28N2O3/c24-19-10-11-21(23(19)26-16-17-6-2-1-3-7-17)12-14-22(15-13-21)20(25)18-8-4-5-9-18/h1-3,6-7,18H,4-5,8-16H2. The fourth-order valence-corrected chi connectivity index (χ4v) is 4.76. The number of benzene rings is 1. The lowest BCUT2D eigenvalue weighted by atomic mass is 9.85. The third-order valence-corrected chi connectivity index (χ3v) is 6.37. The van der Waals surface area contributed by atoms with Crippen LogP contribution in [-0.4, -0.2) is 40.4 Å². The van der Waals surface area contributed by atoms with Crippen LogP contribution < -0.4 is 0 Å². The summed E-state index contributed by atoms with van der Waals surface area (Å²) < 4.78 is 0. The summed E-state index contributed by atoms with van der Waals surface area (Å²) in [5, 5.41) is 1.65. The first-order chi connectivity index (χ1) is 12.7. The van der Waals surface area contributed by atoms with Crippen LogP contribution >= 0.6 is 0 Å². The molecule has 0 atom stereocenters. The van der Waals surface area contributed by atoms with E-state index in [0.717, 1.165) is 50.8 Å². The molecule has 5 heteroatoms. The van der Waals surface area contributed by atoms with E-state index in [9.17, 15) is 9.59 Å². The van der Waals surface area contributed by atoms with Gasteiger partial charge in [0.15, 0.2) is 0 Å². The Balaban J connectivity index is 1.38. The van der Waals surface area contributed by atoms with Crippen LogP contribution in [0.2, 0.25) is 0 Å². The number of carbonyl (C=O) groups is 2. The van der Waals surface area contributed by atoms with E-state index in [-0.39, 0.29) is 17.4 Å². The number of nitrogens with zero attached hydrogens (tertiary/aromatic N) is 2. The van der Waals surface area contributed by atoms with Gasteiger partial charge in [-0.15, -0.1) is 0 Å². The number of piperidine rings is 1. The van der Waals surface area contributed by atoms with Crippen LogP contribution in [0.25, 0.3) is 0 Å². The molecule has 2 amide bonds. The second kappa shape index (κ2) is 7.39. The van der Waals surface area contributed by atoms with Crippen molar-refractivity contribution in [2.45, 2.75) is 63.5 Å². The highest BCUT2D eigenvalue weighted by Crippen LogP contribution is 2.40. The molecule has 3 fully saturated rings. The van der Waals surface area contributed by atoms with Crippen molar-refractivity contribution in [1.82, 2.24) is 9.96 Å². The van der Waals surface area contributed by atoms with Crippen LogP contribution in [0, 0.1) is 5.92 Å². The molecule has 5 nitrogen and oxygen atoms in total. The van der Waals surface area contributed by atoms with Crippen molar-refractivity contribution in [2.24, 2.45) is 5.92 Å². The largest absolute Gasteiger partial charge is 0.342 e. The summed E-state index contributed by atoms with van der Waals surface area (Å²) in [5.74, 6) is 0.648. The Labute approximate surface area is 155 Å². The molecule has 0 unspecified atom stereocenters. The van der Waals surface area contributed by atoms with Crippen LogP contribution in [0.1, 0.15) is 56.9 Å². The van der Waals surface area contributed by atoms with Gasteiger partial charge in [0, 0.05) is 25.4 Å². The van der Waals surface area contributed by atoms with Crippen LogP contribution in [0.4, 0.5) is 0 Å². The summed E-state index contributed by atoms with van der Waals surface area (Å²) in [7, 11) is 0. The van der Waals surface area contributed by atoms with Gasteiger partial charge in [-0.05, 0) is 37.7 Å². The molecule has 1 spiro atoms. The van der Waals surface area contributed by atoms with Crippen molar-refractivity contribution in [3.63, 3.8) is 0 Å². The average molecular weight is 356 g/mol. The first-order valence-electron chi connectivity index (χ1n) is 9.97. The highest BCUT2D eigenvalue weighted by Gasteiger charge is 2.49. The van der Waals surface area contributed by atoms with Crippen LogP contribution in [0.5, 0.6) is 0 Å². The maximum absolute atomic E-state index is 12.7. The third kappa shape index (κ3) is 3.37. The van der Waals surface area contributed by atoms with Crippen LogP contribution in [0.15, 0.2) is 30.3 Å². The van der Waals surface area contributed by atoms with Crippen LogP contribution in [0.3, 0.4) is 0 Å². The van der Waals surface area contributed by atoms with Crippen molar-refractivity contribution in [3.8, 4) is 0 Å².